The fraction of sp³-hybridized carbons (Fsp3) is 0.632. The number of carbonyl (C=O) groups excluding carboxylic acids is 1. The van der Waals surface area contributed by atoms with Crippen molar-refractivity contribution in [3.05, 3.63) is 22.2 Å². The number of halogens is 1. The van der Waals surface area contributed by atoms with E-state index in [-0.39, 0.29) is 5.92 Å². The van der Waals surface area contributed by atoms with Gasteiger partial charge >= 0.3 is 0 Å². The van der Waals surface area contributed by atoms with Crippen LogP contribution in [-0.2, 0) is 11.3 Å². The van der Waals surface area contributed by atoms with Crippen molar-refractivity contribution in [2.24, 2.45) is 5.92 Å². The highest BCUT2D eigenvalue weighted by Crippen LogP contribution is 2.37. The monoisotopic (exact) mass is 410 g/mol. The minimum absolute atomic E-state index is 0.179. The molecule has 3 rings (SSSR count). The van der Waals surface area contributed by atoms with Crippen molar-refractivity contribution in [2.45, 2.75) is 39.2 Å². The molecular weight excluding hydrogens is 384 g/mol. The van der Waals surface area contributed by atoms with Crippen LogP contribution in [0.15, 0.2) is 16.6 Å². The Hall–Kier alpha value is -1.27. The number of ether oxygens (including phenoxy) is 2. The highest BCUT2D eigenvalue weighted by Gasteiger charge is 2.27. The molecule has 1 fully saturated rings. The van der Waals surface area contributed by atoms with Crippen LogP contribution in [-0.4, -0.2) is 49.2 Å². The van der Waals surface area contributed by atoms with Crippen molar-refractivity contribution < 1.29 is 14.3 Å². The van der Waals surface area contributed by atoms with E-state index in [0.29, 0.717) is 12.7 Å². The van der Waals surface area contributed by atoms with Gasteiger partial charge in [0.25, 0.3) is 0 Å². The Bertz CT molecular complexity index is 615. The molecule has 1 saturated heterocycles. The highest BCUT2D eigenvalue weighted by molar-refractivity contribution is 9.10. The number of hydrogen-bond acceptors (Lipinski definition) is 4. The maximum atomic E-state index is 12.5. The van der Waals surface area contributed by atoms with Crippen LogP contribution in [0.3, 0.4) is 0 Å². The van der Waals surface area contributed by atoms with Crippen molar-refractivity contribution in [1.82, 2.24) is 9.80 Å². The second kappa shape index (κ2) is 8.41. The van der Waals surface area contributed by atoms with Crippen LogP contribution in [0, 0.1) is 5.92 Å². The Morgan fingerprint density at radius 3 is 2.64 bits per heavy atom. The Morgan fingerprint density at radius 2 is 1.96 bits per heavy atom. The van der Waals surface area contributed by atoms with Gasteiger partial charge in [0.1, 0.15) is 0 Å². The number of rotatable bonds is 6. The van der Waals surface area contributed by atoms with E-state index in [4.69, 9.17) is 9.47 Å². The first-order valence-corrected chi connectivity index (χ1v) is 9.93. The Morgan fingerprint density at radius 1 is 1.28 bits per heavy atom. The standard InChI is InChI=1S/C19H27BrN2O3/c1-3-4-7-21(2)19(23)14-5-8-22(9-6-14)12-15-10-17-18(11-16(15)20)25-13-24-17/h10-11,14H,3-9,12-13H2,1-2H3. The van der Waals surface area contributed by atoms with Crippen molar-refractivity contribution in [1.29, 1.82) is 0 Å². The zero-order valence-electron chi connectivity index (χ0n) is 15.1. The molecule has 0 unspecified atom stereocenters. The van der Waals surface area contributed by atoms with Crippen molar-refractivity contribution in [3.63, 3.8) is 0 Å². The first-order valence-electron chi connectivity index (χ1n) is 9.13. The van der Waals surface area contributed by atoms with Gasteiger partial charge in [0, 0.05) is 30.5 Å². The maximum Gasteiger partial charge on any atom is 0.231 e. The number of amides is 1. The van der Waals surface area contributed by atoms with Gasteiger partial charge in [0.15, 0.2) is 11.5 Å². The molecule has 25 heavy (non-hydrogen) atoms. The largest absolute Gasteiger partial charge is 0.454 e. The zero-order valence-corrected chi connectivity index (χ0v) is 16.7. The molecule has 0 N–H and O–H groups in total. The quantitative estimate of drug-likeness (QED) is 0.717. The number of likely N-dealkylation sites (tertiary alicyclic amines) is 1. The third-order valence-electron chi connectivity index (χ3n) is 5.10. The summed E-state index contributed by atoms with van der Waals surface area (Å²) in [6.45, 7) is 6.11. The van der Waals surface area contributed by atoms with Crippen LogP contribution in [0.5, 0.6) is 11.5 Å². The molecule has 2 heterocycles. The number of carbonyl (C=O) groups is 1. The van der Waals surface area contributed by atoms with Crippen LogP contribution in [0.2, 0.25) is 0 Å². The first kappa shape index (κ1) is 18.5. The minimum atomic E-state index is 0.179. The molecule has 0 spiro atoms. The Kier molecular flexibility index (Phi) is 6.23. The van der Waals surface area contributed by atoms with Crippen molar-refractivity contribution in [3.8, 4) is 11.5 Å². The predicted octanol–water partition coefficient (Wildman–Crippen LogP) is 3.65. The summed E-state index contributed by atoms with van der Waals surface area (Å²) in [7, 11) is 1.94. The fourth-order valence-electron chi connectivity index (χ4n) is 3.48. The molecule has 0 aliphatic carbocycles. The highest BCUT2D eigenvalue weighted by atomic mass is 79.9. The van der Waals surface area contributed by atoms with Crippen LogP contribution >= 0.6 is 15.9 Å². The van der Waals surface area contributed by atoms with Gasteiger partial charge in [0.2, 0.25) is 12.7 Å². The third-order valence-corrected chi connectivity index (χ3v) is 5.83. The number of fused-ring (bicyclic) bond motifs is 1. The van der Waals surface area contributed by atoms with Gasteiger partial charge in [-0.25, -0.2) is 0 Å². The van der Waals surface area contributed by atoms with E-state index in [0.717, 1.165) is 67.8 Å². The fourth-order valence-corrected chi connectivity index (χ4v) is 3.92. The second-order valence-electron chi connectivity index (χ2n) is 6.96. The number of nitrogens with zero attached hydrogens (tertiary/aromatic N) is 2. The summed E-state index contributed by atoms with van der Waals surface area (Å²) in [6.07, 6.45) is 4.09. The summed E-state index contributed by atoms with van der Waals surface area (Å²) in [5.41, 5.74) is 1.20. The average Bonchev–Trinajstić information content (AvgIpc) is 3.07. The van der Waals surface area contributed by atoms with Gasteiger partial charge in [-0.1, -0.05) is 29.3 Å². The molecule has 0 bridgehead atoms. The molecule has 1 amide bonds. The summed E-state index contributed by atoms with van der Waals surface area (Å²) in [6, 6.07) is 4.04. The summed E-state index contributed by atoms with van der Waals surface area (Å²) in [5, 5.41) is 0. The lowest BCUT2D eigenvalue weighted by Crippen LogP contribution is -2.41. The van der Waals surface area contributed by atoms with E-state index in [9.17, 15) is 4.79 Å². The molecule has 2 aliphatic heterocycles. The molecule has 2 aliphatic rings. The topological polar surface area (TPSA) is 42.0 Å². The number of piperidine rings is 1. The summed E-state index contributed by atoms with van der Waals surface area (Å²) < 4.78 is 11.9. The van der Waals surface area contributed by atoms with Crippen LogP contribution < -0.4 is 9.47 Å². The molecule has 1 aromatic carbocycles. The zero-order chi connectivity index (χ0) is 17.8. The first-order chi connectivity index (χ1) is 12.1. The van der Waals surface area contributed by atoms with E-state index in [2.05, 4.69) is 33.8 Å². The molecule has 0 radical (unpaired) electrons. The SMILES string of the molecule is CCCCN(C)C(=O)C1CCN(Cc2cc3c(cc2Br)OCO3)CC1. The predicted molar refractivity (Wildman–Crippen MR) is 101 cm³/mol. The van der Waals surface area contributed by atoms with Gasteiger partial charge in [-0.2, -0.15) is 0 Å². The van der Waals surface area contributed by atoms with E-state index < -0.39 is 0 Å². The van der Waals surface area contributed by atoms with E-state index in [1.807, 2.05) is 18.0 Å². The summed E-state index contributed by atoms with van der Waals surface area (Å²) >= 11 is 3.63. The van der Waals surface area contributed by atoms with Crippen molar-refractivity contribution in [2.75, 3.05) is 33.5 Å². The molecule has 5 nitrogen and oxygen atoms in total. The number of hydrogen-bond donors (Lipinski definition) is 0. The van der Waals surface area contributed by atoms with Gasteiger partial charge in [-0.15, -0.1) is 0 Å². The Labute approximate surface area is 158 Å². The molecule has 138 valence electrons. The smallest absolute Gasteiger partial charge is 0.231 e. The lowest BCUT2D eigenvalue weighted by atomic mass is 9.95. The van der Waals surface area contributed by atoms with Gasteiger partial charge in [0.05, 0.1) is 0 Å². The lowest BCUT2D eigenvalue weighted by molar-refractivity contribution is -0.135. The normalized spacial score (nSPS) is 17.7. The van der Waals surface area contributed by atoms with Gasteiger partial charge in [-0.3, -0.25) is 9.69 Å². The van der Waals surface area contributed by atoms with Crippen LogP contribution in [0.1, 0.15) is 38.2 Å². The summed E-state index contributed by atoms with van der Waals surface area (Å²) in [5.74, 6) is 2.12. The van der Waals surface area contributed by atoms with Gasteiger partial charge in [-0.05, 0) is 50.0 Å². The van der Waals surface area contributed by atoms with Gasteiger partial charge < -0.3 is 14.4 Å². The third kappa shape index (κ3) is 4.47. The van der Waals surface area contributed by atoms with Crippen LogP contribution in [0.4, 0.5) is 0 Å². The average molecular weight is 411 g/mol. The molecule has 0 saturated carbocycles. The van der Waals surface area contributed by atoms with E-state index in [1.165, 1.54) is 5.56 Å². The van der Waals surface area contributed by atoms with E-state index in [1.54, 1.807) is 0 Å². The van der Waals surface area contributed by atoms with Crippen LogP contribution in [0.25, 0.3) is 0 Å². The maximum absolute atomic E-state index is 12.5. The molecule has 0 atom stereocenters. The molecule has 6 heteroatoms. The summed E-state index contributed by atoms with van der Waals surface area (Å²) in [4.78, 5) is 16.9. The molecular formula is C19H27BrN2O3. The minimum Gasteiger partial charge on any atom is -0.454 e. The lowest BCUT2D eigenvalue weighted by Gasteiger charge is -2.33. The molecule has 1 aromatic rings. The number of benzene rings is 1. The van der Waals surface area contributed by atoms with Crippen molar-refractivity contribution >= 4 is 21.8 Å². The van der Waals surface area contributed by atoms with E-state index >= 15 is 0 Å². The number of unbranched alkanes of at least 4 members (excludes halogenated alkanes) is 1. The Balaban J connectivity index is 1.52. The molecule has 0 aromatic heterocycles. The second-order valence-corrected chi connectivity index (χ2v) is 7.81.